The molecule has 1 unspecified atom stereocenters. The lowest BCUT2D eigenvalue weighted by molar-refractivity contribution is 0.0540. The van der Waals surface area contributed by atoms with Crippen LogP contribution in [0.2, 0.25) is 0 Å². The van der Waals surface area contributed by atoms with E-state index in [2.05, 4.69) is 30.3 Å². The lowest BCUT2D eigenvalue weighted by Gasteiger charge is -2.48. The molecule has 0 saturated heterocycles. The van der Waals surface area contributed by atoms with E-state index in [1.54, 1.807) is 0 Å². The molecule has 0 radical (unpaired) electrons. The molecule has 0 aromatic rings. The molecule has 1 aliphatic rings. The second-order valence-corrected chi connectivity index (χ2v) is 5.02. The van der Waals surface area contributed by atoms with E-state index >= 15 is 0 Å². The van der Waals surface area contributed by atoms with Crippen LogP contribution in [0.15, 0.2) is 0 Å². The average Bonchev–Trinajstić information content (AvgIpc) is 2.31. The summed E-state index contributed by atoms with van der Waals surface area (Å²) >= 11 is 0. The van der Waals surface area contributed by atoms with Crippen molar-refractivity contribution < 1.29 is 0 Å². The van der Waals surface area contributed by atoms with Gasteiger partial charge in [0.15, 0.2) is 0 Å². The summed E-state index contributed by atoms with van der Waals surface area (Å²) in [6.45, 7) is 0. The molecule has 3 nitrogen and oxygen atoms in total. The van der Waals surface area contributed by atoms with Gasteiger partial charge in [-0.1, -0.05) is 19.3 Å². The molecule has 0 spiro atoms. The van der Waals surface area contributed by atoms with E-state index in [9.17, 15) is 0 Å². The second-order valence-electron chi connectivity index (χ2n) is 5.02. The number of nitrogens with one attached hydrogen (secondary N) is 1. The van der Waals surface area contributed by atoms with Crippen LogP contribution in [0.4, 0.5) is 0 Å². The number of nitrogens with two attached hydrogens (primary N) is 1. The van der Waals surface area contributed by atoms with Crippen molar-refractivity contribution in [2.24, 2.45) is 5.84 Å². The molecule has 0 aliphatic heterocycles. The number of rotatable bonds is 5. The maximum absolute atomic E-state index is 5.72. The van der Waals surface area contributed by atoms with E-state index in [1.165, 1.54) is 32.1 Å². The molecule has 1 aliphatic carbocycles. The van der Waals surface area contributed by atoms with Gasteiger partial charge in [0, 0.05) is 18.0 Å². The van der Waals surface area contributed by atoms with E-state index < -0.39 is 0 Å². The molecular weight excluding hydrogens is 198 g/mol. The zero-order chi connectivity index (χ0) is 12.0. The standard InChI is InChI=1S/C13H25N3/c1-4-5-9-12(15-14)13(16(2)3)10-7-6-8-11-13/h1,12,15H,5-11,14H2,2-3H3. The molecule has 92 valence electrons. The van der Waals surface area contributed by atoms with E-state index in [-0.39, 0.29) is 5.54 Å². The number of hydrazine groups is 1. The van der Waals surface area contributed by atoms with E-state index in [0.29, 0.717) is 6.04 Å². The van der Waals surface area contributed by atoms with Gasteiger partial charge in [-0.15, -0.1) is 12.3 Å². The summed E-state index contributed by atoms with van der Waals surface area (Å²) in [7, 11) is 4.32. The molecular formula is C13H25N3. The molecule has 0 heterocycles. The number of likely N-dealkylation sites (N-methyl/N-ethyl adjacent to an activating group) is 1. The first-order chi connectivity index (χ1) is 7.67. The third-order valence-corrected chi connectivity index (χ3v) is 4.04. The van der Waals surface area contributed by atoms with Gasteiger partial charge >= 0.3 is 0 Å². The summed E-state index contributed by atoms with van der Waals surface area (Å²) in [6, 6.07) is 0.304. The fourth-order valence-electron chi connectivity index (χ4n) is 3.01. The molecule has 0 amide bonds. The van der Waals surface area contributed by atoms with Crippen LogP contribution in [-0.4, -0.2) is 30.6 Å². The van der Waals surface area contributed by atoms with E-state index in [0.717, 1.165) is 12.8 Å². The molecule has 3 heteroatoms. The van der Waals surface area contributed by atoms with Crippen LogP contribution in [0.3, 0.4) is 0 Å². The number of hydrogen-bond acceptors (Lipinski definition) is 3. The Balaban J connectivity index is 2.76. The first-order valence-electron chi connectivity index (χ1n) is 6.24. The van der Waals surface area contributed by atoms with Gasteiger partial charge in [0.1, 0.15) is 0 Å². The molecule has 1 saturated carbocycles. The van der Waals surface area contributed by atoms with Gasteiger partial charge in [0.05, 0.1) is 0 Å². The third kappa shape index (κ3) is 2.76. The Bertz CT molecular complexity index is 236. The first-order valence-corrected chi connectivity index (χ1v) is 6.24. The fraction of sp³-hybridized carbons (Fsp3) is 0.846. The van der Waals surface area contributed by atoms with Crippen LogP contribution in [0, 0.1) is 12.3 Å². The second kappa shape index (κ2) is 6.24. The van der Waals surface area contributed by atoms with Crippen molar-refractivity contribution in [1.82, 2.24) is 10.3 Å². The van der Waals surface area contributed by atoms with Crippen LogP contribution in [0.5, 0.6) is 0 Å². The Morgan fingerprint density at radius 1 is 1.38 bits per heavy atom. The van der Waals surface area contributed by atoms with Gasteiger partial charge in [0.25, 0.3) is 0 Å². The minimum absolute atomic E-state index is 0.198. The molecule has 0 aromatic heterocycles. The Hall–Kier alpha value is -0.560. The smallest absolute Gasteiger partial charge is 0.0403 e. The highest BCUT2D eigenvalue weighted by atomic mass is 15.3. The van der Waals surface area contributed by atoms with Crippen molar-refractivity contribution in [3.63, 3.8) is 0 Å². The molecule has 0 bridgehead atoms. The highest BCUT2D eigenvalue weighted by molar-refractivity contribution is 5.01. The van der Waals surface area contributed by atoms with Crippen LogP contribution < -0.4 is 11.3 Å². The molecule has 1 fully saturated rings. The SMILES string of the molecule is C#CCCC(NN)C1(N(C)C)CCCCC1. The maximum atomic E-state index is 5.72. The molecule has 3 N–H and O–H groups in total. The molecule has 16 heavy (non-hydrogen) atoms. The predicted molar refractivity (Wildman–Crippen MR) is 68.7 cm³/mol. The van der Waals surface area contributed by atoms with Crippen LogP contribution in [-0.2, 0) is 0 Å². The number of hydrogen-bond donors (Lipinski definition) is 2. The summed E-state index contributed by atoms with van der Waals surface area (Å²) in [5, 5.41) is 0. The Labute approximate surface area is 99.7 Å². The van der Waals surface area contributed by atoms with Crippen molar-refractivity contribution >= 4 is 0 Å². The first kappa shape index (κ1) is 13.5. The Morgan fingerprint density at radius 2 is 2.00 bits per heavy atom. The fourth-order valence-corrected chi connectivity index (χ4v) is 3.01. The average molecular weight is 223 g/mol. The van der Waals surface area contributed by atoms with Gasteiger partial charge in [-0.2, -0.15) is 0 Å². The normalized spacial score (nSPS) is 21.7. The topological polar surface area (TPSA) is 41.3 Å². The Kier molecular flexibility index (Phi) is 5.27. The highest BCUT2D eigenvalue weighted by Gasteiger charge is 2.40. The van der Waals surface area contributed by atoms with Crippen LogP contribution >= 0.6 is 0 Å². The van der Waals surface area contributed by atoms with Gasteiger partial charge in [-0.25, -0.2) is 0 Å². The number of nitrogens with zero attached hydrogens (tertiary/aromatic N) is 1. The quantitative estimate of drug-likeness (QED) is 0.421. The molecule has 0 aromatic carbocycles. The summed E-state index contributed by atoms with van der Waals surface area (Å²) in [6.07, 6.45) is 13.5. The molecule has 1 rings (SSSR count). The summed E-state index contributed by atoms with van der Waals surface area (Å²) in [5.74, 6) is 8.44. The lowest BCUT2D eigenvalue weighted by Crippen LogP contribution is -2.61. The zero-order valence-corrected chi connectivity index (χ0v) is 10.6. The largest absolute Gasteiger partial charge is 0.302 e. The minimum atomic E-state index is 0.198. The van der Waals surface area contributed by atoms with Gasteiger partial charge in [-0.05, 0) is 33.4 Å². The van der Waals surface area contributed by atoms with Crippen molar-refractivity contribution in [1.29, 1.82) is 0 Å². The van der Waals surface area contributed by atoms with E-state index in [1.807, 2.05) is 0 Å². The van der Waals surface area contributed by atoms with E-state index in [4.69, 9.17) is 12.3 Å². The van der Waals surface area contributed by atoms with Crippen LogP contribution in [0.25, 0.3) is 0 Å². The van der Waals surface area contributed by atoms with Gasteiger partial charge in [-0.3, -0.25) is 11.3 Å². The van der Waals surface area contributed by atoms with Gasteiger partial charge < -0.3 is 4.90 Å². The van der Waals surface area contributed by atoms with Gasteiger partial charge in [0.2, 0.25) is 0 Å². The summed E-state index contributed by atoms with van der Waals surface area (Å²) in [5.41, 5.74) is 3.19. The van der Waals surface area contributed by atoms with Crippen molar-refractivity contribution in [3.05, 3.63) is 0 Å². The van der Waals surface area contributed by atoms with Crippen molar-refractivity contribution in [3.8, 4) is 12.3 Å². The van der Waals surface area contributed by atoms with Crippen molar-refractivity contribution in [2.75, 3.05) is 14.1 Å². The Morgan fingerprint density at radius 3 is 2.44 bits per heavy atom. The van der Waals surface area contributed by atoms with Crippen molar-refractivity contribution in [2.45, 2.75) is 56.5 Å². The summed E-state index contributed by atoms with van der Waals surface area (Å²) < 4.78 is 0. The number of terminal acetylenes is 1. The summed E-state index contributed by atoms with van der Waals surface area (Å²) in [4.78, 5) is 2.34. The zero-order valence-electron chi connectivity index (χ0n) is 10.6. The highest BCUT2D eigenvalue weighted by Crippen LogP contribution is 2.36. The lowest BCUT2D eigenvalue weighted by atomic mass is 9.74. The maximum Gasteiger partial charge on any atom is 0.0403 e. The monoisotopic (exact) mass is 223 g/mol. The minimum Gasteiger partial charge on any atom is -0.302 e. The third-order valence-electron chi connectivity index (χ3n) is 4.04. The predicted octanol–water partition coefficient (Wildman–Crippen LogP) is 1.50. The van der Waals surface area contributed by atoms with Crippen LogP contribution in [0.1, 0.15) is 44.9 Å². The molecule has 1 atom stereocenters.